The average molecular weight is 315 g/mol. The van der Waals surface area contributed by atoms with Crippen molar-refractivity contribution in [2.75, 3.05) is 27.2 Å². The van der Waals surface area contributed by atoms with Crippen LogP contribution in [-0.2, 0) is 11.2 Å². The molecule has 0 fully saturated rings. The van der Waals surface area contributed by atoms with Crippen molar-refractivity contribution in [1.82, 2.24) is 10.2 Å². The quantitative estimate of drug-likeness (QED) is 0.802. The monoisotopic (exact) mass is 314 g/mol. The Morgan fingerprint density at radius 2 is 2.06 bits per heavy atom. The Labute approximate surface area is 116 Å². The van der Waals surface area contributed by atoms with Crippen molar-refractivity contribution in [2.45, 2.75) is 12.5 Å². The summed E-state index contributed by atoms with van der Waals surface area (Å²) in [5.74, 6) is -0.812. The first-order valence-corrected chi connectivity index (χ1v) is 6.65. The minimum atomic E-state index is -0.812. The zero-order chi connectivity index (χ0) is 13.5. The molecule has 0 bridgehead atoms. The molecule has 4 nitrogen and oxygen atoms in total. The third-order valence-electron chi connectivity index (χ3n) is 2.84. The summed E-state index contributed by atoms with van der Waals surface area (Å²) in [5, 5.41) is 11.7. The lowest BCUT2D eigenvalue weighted by Crippen LogP contribution is -2.43. The molecule has 1 unspecified atom stereocenters. The summed E-state index contributed by atoms with van der Waals surface area (Å²) >= 11 is 3.40. The van der Waals surface area contributed by atoms with Crippen molar-refractivity contribution in [3.8, 4) is 0 Å². The van der Waals surface area contributed by atoms with Gasteiger partial charge in [-0.2, -0.15) is 0 Å². The summed E-state index contributed by atoms with van der Waals surface area (Å²) in [6, 6.07) is 7.67. The van der Waals surface area contributed by atoms with E-state index in [1.165, 1.54) is 5.56 Å². The molecule has 0 aliphatic rings. The number of carboxylic acid groups (broad SMARTS) is 1. The largest absolute Gasteiger partial charge is 0.480 e. The maximum Gasteiger partial charge on any atom is 0.322 e. The molecule has 0 saturated carbocycles. The highest BCUT2D eigenvalue weighted by Crippen LogP contribution is 2.11. The van der Waals surface area contributed by atoms with Gasteiger partial charge in [-0.25, -0.2) is 0 Å². The fourth-order valence-corrected chi connectivity index (χ4v) is 1.93. The van der Waals surface area contributed by atoms with Crippen LogP contribution in [-0.4, -0.2) is 49.2 Å². The maximum atomic E-state index is 10.9. The summed E-state index contributed by atoms with van der Waals surface area (Å²) in [5.41, 5.74) is 1.25. The number of nitrogens with one attached hydrogen (secondary N) is 1. The van der Waals surface area contributed by atoms with E-state index in [1.807, 2.05) is 24.1 Å². The van der Waals surface area contributed by atoms with Gasteiger partial charge in [0.25, 0.3) is 0 Å². The standard InChI is InChI=1S/C13H19BrN2O2/c1-15-12(13(17)18)9-16(2)8-7-10-3-5-11(14)6-4-10/h3-6,12,15H,7-9H2,1-2H3,(H,17,18). The SMILES string of the molecule is CNC(CN(C)CCc1ccc(Br)cc1)C(=O)O. The van der Waals surface area contributed by atoms with Crippen LogP contribution in [0.2, 0.25) is 0 Å². The Hall–Kier alpha value is -0.910. The Balaban J connectivity index is 2.38. The smallest absolute Gasteiger partial charge is 0.322 e. The number of aliphatic carboxylic acids is 1. The van der Waals surface area contributed by atoms with Crippen molar-refractivity contribution < 1.29 is 9.90 Å². The molecule has 0 heterocycles. The second kappa shape index (κ2) is 7.51. The van der Waals surface area contributed by atoms with Gasteiger partial charge in [0.2, 0.25) is 0 Å². The fraction of sp³-hybridized carbons (Fsp3) is 0.462. The molecule has 2 N–H and O–H groups in total. The van der Waals surface area contributed by atoms with Crippen molar-refractivity contribution in [3.05, 3.63) is 34.3 Å². The molecule has 1 rings (SSSR count). The lowest BCUT2D eigenvalue weighted by Gasteiger charge is -2.20. The second-order valence-electron chi connectivity index (χ2n) is 4.32. The number of rotatable bonds is 7. The molecule has 0 aliphatic heterocycles. The minimum absolute atomic E-state index is 0.502. The number of carbonyl (C=O) groups is 1. The third kappa shape index (κ3) is 5.16. The normalized spacial score (nSPS) is 12.7. The van der Waals surface area contributed by atoms with E-state index in [1.54, 1.807) is 7.05 Å². The molecule has 0 amide bonds. The highest BCUT2D eigenvalue weighted by atomic mass is 79.9. The Morgan fingerprint density at radius 1 is 1.44 bits per heavy atom. The van der Waals surface area contributed by atoms with E-state index in [4.69, 9.17) is 5.11 Å². The van der Waals surface area contributed by atoms with Gasteiger partial charge in [0.1, 0.15) is 6.04 Å². The van der Waals surface area contributed by atoms with Crippen molar-refractivity contribution in [1.29, 1.82) is 0 Å². The van der Waals surface area contributed by atoms with Gasteiger partial charge in [0, 0.05) is 17.6 Å². The summed E-state index contributed by atoms with van der Waals surface area (Å²) in [6.45, 7) is 1.34. The molecule has 0 spiro atoms. The number of hydrogen-bond acceptors (Lipinski definition) is 3. The van der Waals surface area contributed by atoms with Crippen molar-refractivity contribution >= 4 is 21.9 Å². The zero-order valence-corrected chi connectivity index (χ0v) is 12.3. The molecule has 1 atom stereocenters. The molecule has 0 saturated heterocycles. The Morgan fingerprint density at radius 3 is 2.56 bits per heavy atom. The van der Waals surface area contributed by atoms with Crippen LogP contribution < -0.4 is 5.32 Å². The summed E-state index contributed by atoms with van der Waals surface area (Å²) in [6.07, 6.45) is 0.917. The maximum absolute atomic E-state index is 10.9. The topological polar surface area (TPSA) is 52.6 Å². The van der Waals surface area contributed by atoms with E-state index in [2.05, 4.69) is 33.4 Å². The average Bonchev–Trinajstić information content (AvgIpc) is 2.35. The molecular weight excluding hydrogens is 296 g/mol. The summed E-state index contributed by atoms with van der Waals surface area (Å²) < 4.78 is 1.07. The first-order valence-electron chi connectivity index (χ1n) is 5.86. The number of hydrogen-bond donors (Lipinski definition) is 2. The molecule has 18 heavy (non-hydrogen) atoms. The number of halogens is 1. The minimum Gasteiger partial charge on any atom is -0.480 e. The van der Waals surface area contributed by atoms with E-state index in [0.717, 1.165) is 17.4 Å². The molecular formula is C13H19BrN2O2. The van der Waals surface area contributed by atoms with Gasteiger partial charge in [-0.05, 0) is 38.2 Å². The van der Waals surface area contributed by atoms with Crippen LogP contribution in [0.15, 0.2) is 28.7 Å². The van der Waals surface area contributed by atoms with Crippen LogP contribution in [0.3, 0.4) is 0 Å². The third-order valence-corrected chi connectivity index (χ3v) is 3.36. The molecule has 0 aromatic heterocycles. The van der Waals surface area contributed by atoms with Crippen LogP contribution in [0.1, 0.15) is 5.56 Å². The fourth-order valence-electron chi connectivity index (χ4n) is 1.67. The predicted molar refractivity (Wildman–Crippen MR) is 75.8 cm³/mol. The van der Waals surface area contributed by atoms with Gasteiger partial charge in [-0.15, -0.1) is 0 Å². The summed E-state index contributed by atoms with van der Waals surface area (Å²) in [7, 11) is 3.60. The molecule has 0 radical (unpaired) electrons. The van der Waals surface area contributed by atoms with Gasteiger partial charge >= 0.3 is 5.97 Å². The number of likely N-dealkylation sites (N-methyl/N-ethyl adjacent to an activating group) is 2. The Kier molecular flexibility index (Phi) is 6.32. The first kappa shape index (κ1) is 15.1. The van der Waals surface area contributed by atoms with Gasteiger partial charge in [0.05, 0.1) is 0 Å². The van der Waals surface area contributed by atoms with Gasteiger partial charge in [0.15, 0.2) is 0 Å². The van der Waals surface area contributed by atoms with E-state index < -0.39 is 12.0 Å². The van der Waals surface area contributed by atoms with Gasteiger partial charge in [-0.1, -0.05) is 28.1 Å². The van der Waals surface area contributed by atoms with Gasteiger partial charge in [-0.3, -0.25) is 4.79 Å². The molecule has 1 aromatic rings. The zero-order valence-electron chi connectivity index (χ0n) is 10.7. The second-order valence-corrected chi connectivity index (χ2v) is 5.23. The van der Waals surface area contributed by atoms with Crippen LogP contribution in [0, 0.1) is 0 Å². The molecule has 100 valence electrons. The van der Waals surface area contributed by atoms with E-state index in [-0.39, 0.29) is 0 Å². The van der Waals surface area contributed by atoms with Gasteiger partial charge < -0.3 is 15.3 Å². The van der Waals surface area contributed by atoms with E-state index in [9.17, 15) is 4.79 Å². The highest BCUT2D eigenvalue weighted by molar-refractivity contribution is 9.10. The first-order chi connectivity index (χ1) is 8.52. The number of benzene rings is 1. The number of carboxylic acids is 1. The van der Waals surface area contributed by atoms with Crippen LogP contribution in [0.4, 0.5) is 0 Å². The predicted octanol–water partition coefficient (Wildman–Crippen LogP) is 1.60. The summed E-state index contributed by atoms with van der Waals surface area (Å²) in [4.78, 5) is 12.9. The van der Waals surface area contributed by atoms with E-state index in [0.29, 0.717) is 6.54 Å². The highest BCUT2D eigenvalue weighted by Gasteiger charge is 2.16. The molecule has 0 aliphatic carbocycles. The van der Waals surface area contributed by atoms with Crippen molar-refractivity contribution in [3.63, 3.8) is 0 Å². The lowest BCUT2D eigenvalue weighted by atomic mass is 10.1. The Bertz CT molecular complexity index is 381. The molecule has 5 heteroatoms. The molecule has 1 aromatic carbocycles. The van der Waals surface area contributed by atoms with Crippen molar-refractivity contribution in [2.24, 2.45) is 0 Å². The van der Waals surface area contributed by atoms with E-state index >= 15 is 0 Å². The van der Waals surface area contributed by atoms with Crippen LogP contribution in [0.25, 0.3) is 0 Å². The lowest BCUT2D eigenvalue weighted by molar-refractivity contribution is -0.139. The number of nitrogens with zero attached hydrogens (tertiary/aromatic N) is 1. The van der Waals surface area contributed by atoms with Crippen LogP contribution in [0.5, 0.6) is 0 Å². The van der Waals surface area contributed by atoms with Crippen LogP contribution >= 0.6 is 15.9 Å².